The van der Waals surface area contributed by atoms with Gasteiger partial charge < -0.3 is 16.0 Å². The second-order valence-corrected chi connectivity index (χ2v) is 5.44. The number of rotatable bonds is 2. The molecule has 1 aromatic rings. The largest absolute Gasteiger partial charge is 0.348 e. The van der Waals surface area contributed by atoms with Gasteiger partial charge in [0.2, 0.25) is 5.91 Å². The number of benzene rings is 1. The normalized spacial score (nSPS) is 20.8. The molecule has 1 fully saturated rings. The van der Waals surface area contributed by atoms with Gasteiger partial charge in [-0.15, -0.1) is 12.4 Å². The third-order valence-corrected chi connectivity index (χ3v) is 3.90. The van der Waals surface area contributed by atoms with Crippen LogP contribution in [0.4, 0.5) is 5.69 Å². The zero-order valence-electron chi connectivity index (χ0n) is 11.8. The fourth-order valence-corrected chi connectivity index (χ4v) is 2.77. The van der Waals surface area contributed by atoms with Gasteiger partial charge in [-0.05, 0) is 49.6 Å². The lowest BCUT2D eigenvalue weighted by Crippen LogP contribution is -2.45. The predicted molar refractivity (Wildman–Crippen MR) is 84.0 cm³/mol. The van der Waals surface area contributed by atoms with Crippen LogP contribution in [-0.2, 0) is 11.2 Å². The van der Waals surface area contributed by atoms with Crippen LogP contribution in [0.3, 0.4) is 0 Å². The zero-order chi connectivity index (χ0) is 13.9. The van der Waals surface area contributed by atoms with Crippen molar-refractivity contribution in [2.45, 2.75) is 31.7 Å². The zero-order valence-corrected chi connectivity index (χ0v) is 12.6. The second-order valence-electron chi connectivity index (χ2n) is 5.44. The fourth-order valence-electron chi connectivity index (χ4n) is 2.77. The lowest BCUT2D eigenvalue weighted by molar-refractivity contribution is -0.116. The molecule has 3 N–H and O–H groups in total. The van der Waals surface area contributed by atoms with E-state index in [1.54, 1.807) is 6.07 Å². The molecule has 0 radical (unpaired) electrons. The van der Waals surface area contributed by atoms with Crippen LogP contribution in [0.15, 0.2) is 18.2 Å². The van der Waals surface area contributed by atoms with E-state index in [9.17, 15) is 9.59 Å². The van der Waals surface area contributed by atoms with Crippen molar-refractivity contribution in [1.82, 2.24) is 10.6 Å². The molecule has 5 nitrogen and oxygen atoms in total. The molecule has 1 aromatic carbocycles. The molecule has 0 spiro atoms. The van der Waals surface area contributed by atoms with E-state index in [-0.39, 0.29) is 30.3 Å². The van der Waals surface area contributed by atoms with Crippen LogP contribution in [-0.4, -0.2) is 30.9 Å². The average Bonchev–Trinajstić information content (AvgIpc) is 2.47. The molecule has 0 aromatic heterocycles. The van der Waals surface area contributed by atoms with Crippen LogP contribution in [0.2, 0.25) is 0 Å². The fraction of sp³-hybridized carbons (Fsp3) is 0.467. The summed E-state index contributed by atoms with van der Waals surface area (Å²) >= 11 is 0. The van der Waals surface area contributed by atoms with Gasteiger partial charge in [-0.25, -0.2) is 0 Å². The van der Waals surface area contributed by atoms with E-state index in [0.29, 0.717) is 18.4 Å². The molecule has 21 heavy (non-hydrogen) atoms. The van der Waals surface area contributed by atoms with Gasteiger partial charge in [-0.2, -0.15) is 0 Å². The summed E-state index contributed by atoms with van der Waals surface area (Å²) in [5.74, 6) is 0.0152. The third-order valence-electron chi connectivity index (χ3n) is 3.90. The van der Waals surface area contributed by atoms with Crippen LogP contribution in [0.5, 0.6) is 0 Å². The maximum atomic E-state index is 12.2. The Morgan fingerprint density at radius 3 is 2.90 bits per heavy atom. The minimum atomic E-state index is -0.0293. The van der Waals surface area contributed by atoms with Crippen molar-refractivity contribution in [2.75, 3.05) is 18.4 Å². The molecule has 1 saturated heterocycles. The van der Waals surface area contributed by atoms with E-state index in [2.05, 4.69) is 16.0 Å². The highest BCUT2D eigenvalue weighted by Crippen LogP contribution is 2.23. The maximum Gasteiger partial charge on any atom is 0.251 e. The molecule has 2 amide bonds. The molecule has 1 unspecified atom stereocenters. The van der Waals surface area contributed by atoms with E-state index >= 15 is 0 Å². The van der Waals surface area contributed by atoms with Crippen molar-refractivity contribution < 1.29 is 9.59 Å². The number of amides is 2. The number of fused-ring (bicyclic) bond motifs is 1. The Morgan fingerprint density at radius 2 is 2.14 bits per heavy atom. The Bertz CT molecular complexity index is 542. The van der Waals surface area contributed by atoms with Gasteiger partial charge in [0, 0.05) is 30.3 Å². The van der Waals surface area contributed by atoms with Crippen molar-refractivity contribution in [3.8, 4) is 0 Å². The van der Waals surface area contributed by atoms with Crippen molar-refractivity contribution in [3.05, 3.63) is 29.3 Å². The molecule has 2 aliphatic rings. The Labute approximate surface area is 130 Å². The summed E-state index contributed by atoms with van der Waals surface area (Å²) in [4.78, 5) is 23.5. The van der Waals surface area contributed by atoms with E-state index < -0.39 is 0 Å². The van der Waals surface area contributed by atoms with Crippen LogP contribution < -0.4 is 16.0 Å². The number of hydrogen-bond acceptors (Lipinski definition) is 3. The smallest absolute Gasteiger partial charge is 0.251 e. The highest BCUT2D eigenvalue weighted by molar-refractivity contribution is 5.98. The quantitative estimate of drug-likeness (QED) is 0.775. The molecule has 1 atom stereocenters. The Balaban J connectivity index is 0.00000161. The number of nitrogens with one attached hydrogen (secondary N) is 3. The van der Waals surface area contributed by atoms with Gasteiger partial charge >= 0.3 is 0 Å². The first kappa shape index (κ1) is 15.8. The number of carbonyl (C=O) groups excluding carboxylic acids is 2. The molecule has 0 saturated carbocycles. The summed E-state index contributed by atoms with van der Waals surface area (Å²) < 4.78 is 0. The van der Waals surface area contributed by atoms with E-state index in [4.69, 9.17) is 0 Å². The van der Waals surface area contributed by atoms with Crippen LogP contribution in [0, 0.1) is 0 Å². The first-order valence-electron chi connectivity index (χ1n) is 7.17. The van der Waals surface area contributed by atoms with Gasteiger partial charge in [0.05, 0.1) is 0 Å². The third kappa shape index (κ3) is 3.74. The molecule has 0 bridgehead atoms. The molecular formula is C15H20ClN3O2. The SMILES string of the molecule is Cl.O=C1CCc2cc(C(=O)NC3CCCNC3)ccc2N1. The summed E-state index contributed by atoms with van der Waals surface area (Å²) in [7, 11) is 0. The summed E-state index contributed by atoms with van der Waals surface area (Å²) in [6, 6.07) is 5.70. The maximum absolute atomic E-state index is 12.2. The number of aryl methyl sites for hydroxylation is 1. The molecule has 2 aliphatic heterocycles. The van der Waals surface area contributed by atoms with Gasteiger partial charge in [0.25, 0.3) is 5.91 Å². The topological polar surface area (TPSA) is 70.2 Å². The summed E-state index contributed by atoms with van der Waals surface area (Å²) in [6.07, 6.45) is 3.32. The van der Waals surface area contributed by atoms with Gasteiger partial charge in [0.15, 0.2) is 0 Å². The van der Waals surface area contributed by atoms with Crippen molar-refractivity contribution >= 4 is 29.9 Å². The summed E-state index contributed by atoms with van der Waals surface area (Å²) in [5.41, 5.74) is 2.54. The van der Waals surface area contributed by atoms with Crippen LogP contribution >= 0.6 is 12.4 Å². The number of piperidine rings is 1. The van der Waals surface area contributed by atoms with Crippen molar-refractivity contribution in [3.63, 3.8) is 0 Å². The Morgan fingerprint density at radius 1 is 1.29 bits per heavy atom. The number of anilines is 1. The molecule has 114 valence electrons. The van der Waals surface area contributed by atoms with Crippen molar-refractivity contribution in [1.29, 1.82) is 0 Å². The van der Waals surface area contributed by atoms with E-state index in [1.807, 2.05) is 12.1 Å². The summed E-state index contributed by atoms with van der Waals surface area (Å²) in [5, 5.41) is 9.17. The van der Waals surface area contributed by atoms with Crippen LogP contribution in [0.1, 0.15) is 35.2 Å². The molecule has 3 rings (SSSR count). The molecule has 2 heterocycles. The van der Waals surface area contributed by atoms with E-state index in [1.165, 1.54) is 0 Å². The monoisotopic (exact) mass is 309 g/mol. The number of hydrogen-bond donors (Lipinski definition) is 3. The van der Waals surface area contributed by atoms with Gasteiger partial charge in [0.1, 0.15) is 0 Å². The Hall–Kier alpha value is -1.59. The lowest BCUT2D eigenvalue weighted by atomic mass is 9.99. The first-order valence-corrected chi connectivity index (χ1v) is 7.17. The highest BCUT2D eigenvalue weighted by Gasteiger charge is 2.19. The van der Waals surface area contributed by atoms with Gasteiger partial charge in [-0.3, -0.25) is 9.59 Å². The molecule has 6 heteroatoms. The first-order chi connectivity index (χ1) is 9.72. The van der Waals surface area contributed by atoms with E-state index in [0.717, 1.165) is 37.2 Å². The number of carbonyl (C=O) groups is 2. The molecular weight excluding hydrogens is 290 g/mol. The minimum Gasteiger partial charge on any atom is -0.348 e. The predicted octanol–water partition coefficient (Wildman–Crippen LogP) is 1.47. The standard InChI is InChI=1S/C15H19N3O2.ClH/c19-14-6-4-10-8-11(3-5-13(10)18-14)15(20)17-12-2-1-7-16-9-12;/h3,5,8,12,16H,1-2,4,6-7,9H2,(H,17,20)(H,18,19);1H. The summed E-state index contributed by atoms with van der Waals surface area (Å²) in [6.45, 7) is 1.87. The second kappa shape index (κ2) is 6.91. The highest BCUT2D eigenvalue weighted by atomic mass is 35.5. The molecule has 0 aliphatic carbocycles. The minimum absolute atomic E-state index is 0. The number of halogens is 1. The van der Waals surface area contributed by atoms with Crippen molar-refractivity contribution in [2.24, 2.45) is 0 Å². The van der Waals surface area contributed by atoms with Gasteiger partial charge in [-0.1, -0.05) is 0 Å². The average molecular weight is 310 g/mol. The Kier molecular flexibility index (Phi) is 5.20. The lowest BCUT2D eigenvalue weighted by Gasteiger charge is -2.24. The van der Waals surface area contributed by atoms with Crippen LogP contribution in [0.25, 0.3) is 0 Å².